The molecule has 0 saturated carbocycles. The highest BCUT2D eigenvalue weighted by Gasteiger charge is 2.28. The molecule has 1 aliphatic rings. The van der Waals surface area contributed by atoms with Gasteiger partial charge in [-0.3, -0.25) is 4.79 Å². The number of likely N-dealkylation sites (tertiary alicyclic amines) is 1. The van der Waals surface area contributed by atoms with Crippen LogP contribution in [0.5, 0.6) is 0 Å². The van der Waals surface area contributed by atoms with Crippen LogP contribution in [0.15, 0.2) is 36.9 Å². The quantitative estimate of drug-likeness (QED) is 0.870. The second-order valence-corrected chi connectivity index (χ2v) is 6.76. The molecular weight excluding hydrogens is 294 g/mol. The second kappa shape index (κ2) is 6.57. The van der Waals surface area contributed by atoms with Crippen LogP contribution in [0.4, 0.5) is 0 Å². The lowest BCUT2D eigenvalue weighted by molar-refractivity contribution is 0.0788. The third kappa shape index (κ3) is 3.04. The smallest absolute Gasteiger partial charge is 0.256 e. The predicted octanol–water partition coefficient (Wildman–Crippen LogP) is 3.01. The van der Waals surface area contributed by atoms with Gasteiger partial charge in [-0.05, 0) is 43.4 Å². The van der Waals surface area contributed by atoms with Crippen molar-refractivity contribution in [1.29, 1.82) is 0 Å². The van der Waals surface area contributed by atoms with Crippen LogP contribution in [0, 0.1) is 12.8 Å². The molecule has 1 aromatic heterocycles. The molecule has 0 aliphatic carbocycles. The lowest BCUT2D eigenvalue weighted by Gasteiger charge is -2.19. The Morgan fingerprint density at radius 1 is 1.45 bits per heavy atom. The van der Waals surface area contributed by atoms with Gasteiger partial charge in [-0.1, -0.05) is 11.6 Å². The number of imidazole rings is 1. The Bertz CT molecular complexity index is 654. The minimum atomic E-state index is 0.135. The Hall–Kier alpha value is -1.75. The number of hydrogen-bond donors (Lipinski definition) is 0. The molecule has 2 heterocycles. The molecule has 22 heavy (non-hydrogen) atoms. The Labute approximate surface area is 135 Å². The number of aryl methyl sites for hydroxylation is 1. The first kappa shape index (κ1) is 15.2. The maximum absolute atomic E-state index is 13.0. The summed E-state index contributed by atoms with van der Waals surface area (Å²) in [7, 11) is 0. The number of thioether (sulfide) groups is 1. The van der Waals surface area contributed by atoms with Gasteiger partial charge in [0, 0.05) is 25.5 Å². The van der Waals surface area contributed by atoms with Crippen LogP contribution in [0.1, 0.15) is 22.3 Å². The van der Waals surface area contributed by atoms with Crippen LogP contribution in [0.25, 0.3) is 5.69 Å². The van der Waals surface area contributed by atoms with Crippen LogP contribution >= 0.6 is 11.8 Å². The van der Waals surface area contributed by atoms with E-state index in [1.54, 1.807) is 12.5 Å². The number of benzene rings is 1. The summed E-state index contributed by atoms with van der Waals surface area (Å²) in [6.45, 7) is 3.76. The summed E-state index contributed by atoms with van der Waals surface area (Å²) in [5, 5.41) is 0. The van der Waals surface area contributed by atoms with E-state index in [4.69, 9.17) is 0 Å². The summed E-state index contributed by atoms with van der Waals surface area (Å²) in [5.41, 5.74) is 2.77. The molecule has 4 nitrogen and oxygen atoms in total. The van der Waals surface area contributed by atoms with Crippen molar-refractivity contribution in [2.75, 3.05) is 25.1 Å². The van der Waals surface area contributed by atoms with Gasteiger partial charge in [-0.2, -0.15) is 11.8 Å². The van der Waals surface area contributed by atoms with Gasteiger partial charge in [0.15, 0.2) is 0 Å². The van der Waals surface area contributed by atoms with E-state index in [-0.39, 0.29) is 5.91 Å². The zero-order valence-corrected chi connectivity index (χ0v) is 13.8. The van der Waals surface area contributed by atoms with E-state index in [0.717, 1.165) is 42.1 Å². The predicted molar refractivity (Wildman–Crippen MR) is 90.7 cm³/mol. The van der Waals surface area contributed by atoms with Crippen molar-refractivity contribution in [2.45, 2.75) is 13.3 Å². The SMILES string of the molecule is CSC[C@H]1CCN(C(=O)c2cc(C)ccc2-n2ccnc2)C1. The van der Waals surface area contributed by atoms with Crippen LogP contribution < -0.4 is 0 Å². The van der Waals surface area contributed by atoms with Crippen molar-refractivity contribution < 1.29 is 4.79 Å². The zero-order chi connectivity index (χ0) is 15.5. The number of nitrogens with zero attached hydrogens (tertiary/aromatic N) is 3. The largest absolute Gasteiger partial charge is 0.338 e. The van der Waals surface area contributed by atoms with Gasteiger partial charge < -0.3 is 9.47 Å². The lowest BCUT2D eigenvalue weighted by Crippen LogP contribution is -2.30. The number of hydrogen-bond acceptors (Lipinski definition) is 3. The van der Waals surface area contributed by atoms with E-state index in [0.29, 0.717) is 5.92 Å². The topological polar surface area (TPSA) is 38.1 Å². The third-order valence-corrected chi connectivity index (χ3v) is 4.95. The van der Waals surface area contributed by atoms with Gasteiger partial charge in [0.25, 0.3) is 5.91 Å². The Morgan fingerprint density at radius 3 is 3.05 bits per heavy atom. The molecule has 1 fully saturated rings. The Kier molecular flexibility index (Phi) is 4.52. The average Bonchev–Trinajstić information content (AvgIpc) is 3.18. The van der Waals surface area contributed by atoms with Crippen LogP contribution in [0.2, 0.25) is 0 Å². The first-order chi connectivity index (χ1) is 10.7. The van der Waals surface area contributed by atoms with E-state index in [9.17, 15) is 4.79 Å². The van der Waals surface area contributed by atoms with Gasteiger partial charge in [0.2, 0.25) is 0 Å². The summed E-state index contributed by atoms with van der Waals surface area (Å²) in [6, 6.07) is 6.02. The molecule has 1 saturated heterocycles. The van der Waals surface area contributed by atoms with E-state index in [1.807, 2.05) is 52.5 Å². The normalized spacial score (nSPS) is 17.9. The van der Waals surface area contributed by atoms with Gasteiger partial charge >= 0.3 is 0 Å². The van der Waals surface area contributed by atoms with Crippen molar-refractivity contribution in [3.05, 3.63) is 48.0 Å². The van der Waals surface area contributed by atoms with Gasteiger partial charge in [-0.15, -0.1) is 0 Å². The summed E-state index contributed by atoms with van der Waals surface area (Å²) in [6.07, 6.45) is 8.59. The monoisotopic (exact) mass is 315 g/mol. The molecule has 0 N–H and O–H groups in total. The van der Waals surface area contributed by atoms with Crippen LogP contribution in [-0.2, 0) is 0 Å². The molecular formula is C17H21N3OS. The maximum Gasteiger partial charge on any atom is 0.256 e. The van der Waals surface area contributed by atoms with Crippen molar-refractivity contribution in [3.63, 3.8) is 0 Å². The van der Waals surface area contributed by atoms with E-state index >= 15 is 0 Å². The number of amides is 1. The zero-order valence-electron chi connectivity index (χ0n) is 13.0. The molecule has 0 bridgehead atoms. The molecule has 1 aliphatic heterocycles. The summed E-state index contributed by atoms with van der Waals surface area (Å²) < 4.78 is 1.90. The Balaban J connectivity index is 1.88. The fourth-order valence-corrected chi connectivity index (χ4v) is 3.75. The molecule has 0 radical (unpaired) electrons. The molecule has 5 heteroatoms. The summed E-state index contributed by atoms with van der Waals surface area (Å²) in [5.74, 6) is 1.89. The highest BCUT2D eigenvalue weighted by atomic mass is 32.2. The van der Waals surface area contributed by atoms with E-state index < -0.39 is 0 Å². The minimum Gasteiger partial charge on any atom is -0.338 e. The summed E-state index contributed by atoms with van der Waals surface area (Å²) in [4.78, 5) is 19.0. The first-order valence-electron chi connectivity index (χ1n) is 7.56. The Morgan fingerprint density at radius 2 is 2.32 bits per heavy atom. The molecule has 116 valence electrons. The first-order valence-corrected chi connectivity index (χ1v) is 8.95. The van der Waals surface area contributed by atoms with Gasteiger partial charge in [0.1, 0.15) is 0 Å². The lowest BCUT2D eigenvalue weighted by atomic mass is 10.1. The van der Waals surface area contributed by atoms with Crippen LogP contribution in [0.3, 0.4) is 0 Å². The fraction of sp³-hybridized carbons (Fsp3) is 0.412. The molecule has 3 rings (SSSR count). The maximum atomic E-state index is 13.0. The molecule has 1 aromatic carbocycles. The highest BCUT2D eigenvalue weighted by Crippen LogP contribution is 2.24. The third-order valence-electron chi connectivity index (χ3n) is 4.14. The van der Waals surface area contributed by atoms with E-state index in [1.165, 1.54) is 0 Å². The van der Waals surface area contributed by atoms with Crippen LogP contribution in [-0.4, -0.2) is 45.5 Å². The van der Waals surface area contributed by atoms with Crippen molar-refractivity contribution in [1.82, 2.24) is 14.5 Å². The van der Waals surface area contributed by atoms with Crippen molar-refractivity contribution in [3.8, 4) is 5.69 Å². The highest BCUT2D eigenvalue weighted by molar-refractivity contribution is 7.98. The molecule has 0 unspecified atom stereocenters. The second-order valence-electron chi connectivity index (χ2n) is 5.85. The molecule has 1 atom stereocenters. The summed E-state index contributed by atoms with van der Waals surface area (Å²) >= 11 is 1.86. The number of aromatic nitrogens is 2. The van der Waals surface area contributed by atoms with E-state index in [2.05, 4.69) is 11.2 Å². The molecule has 1 amide bonds. The standard InChI is InChI=1S/C17H21N3OS/c1-13-3-4-16(20-8-6-18-12-20)15(9-13)17(21)19-7-5-14(10-19)11-22-2/h3-4,6,8-9,12,14H,5,7,10-11H2,1-2H3/t14-/m0/s1. The number of carbonyl (C=O) groups excluding carboxylic acids is 1. The van der Waals surface area contributed by atoms with Gasteiger partial charge in [0.05, 0.1) is 17.6 Å². The molecule has 0 spiro atoms. The number of carbonyl (C=O) groups is 1. The van der Waals surface area contributed by atoms with Crippen molar-refractivity contribution in [2.24, 2.45) is 5.92 Å². The van der Waals surface area contributed by atoms with Crippen molar-refractivity contribution >= 4 is 17.7 Å². The fourth-order valence-electron chi connectivity index (χ4n) is 3.01. The molecule has 2 aromatic rings. The average molecular weight is 315 g/mol. The minimum absolute atomic E-state index is 0.135. The van der Waals surface area contributed by atoms with Gasteiger partial charge in [-0.25, -0.2) is 4.98 Å². The number of rotatable bonds is 4.